The van der Waals surface area contributed by atoms with E-state index >= 15 is 0 Å². The molecular weight excluding hydrogens is 184 g/mol. The Morgan fingerprint density at radius 3 is 2.80 bits per heavy atom. The maximum atomic E-state index is 5.83. The molecule has 0 aliphatic heterocycles. The van der Waals surface area contributed by atoms with Gasteiger partial charge in [-0.25, -0.2) is 0 Å². The molecule has 1 unspecified atom stereocenters. The van der Waals surface area contributed by atoms with Crippen molar-refractivity contribution < 1.29 is 0 Å². The molecule has 1 rings (SSSR count). The van der Waals surface area contributed by atoms with E-state index in [1.165, 1.54) is 0 Å². The van der Waals surface area contributed by atoms with Gasteiger partial charge in [0.1, 0.15) is 0 Å². The zero-order chi connectivity index (χ0) is 11.1. The number of nitrogen functional groups attached to an aromatic ring is 1. The van der Waals surface area contributed by atoms with Crippen LogP contribution in [-0.4, -0.2) is 6.04 Å². The minimum absolute atomic E-state index is 0.148. The van der Waals surface area contributed by atoms with Crippen molar-refractivity contribution in [2.75, 3.05) is 5.73 Å². The largest absolute Gasteiger partial charge is 0.398 e. The third kappa shape index (κ3) is 3.65. The van der Waals surface area contributed by atoms with Crippen LogP contribution in [0.3, 0.4) is 0 Å². The fraction of sp³-hybridized carbons (Fsp3) is 0.385. The van der Waals surface area contributed by atoms with E-state index in [1.54, 1.807) is 0 Å². The molecule has 1 aromatic rings. The van der Waals surface area contributed by atoms with Gasteiger partial charge < -0.3 is 5.73 Å². The van der Waals surface area contributed by atoms with Crippen LogP contribution in [0.15, 0.2) is 24.3 Å². The number of nitrogens with one attached hydrogen (secondary N) is 1. The summed E-state index contributed by atoms with van der Waals surface area (Å²) in [6.07, 6.45) is 7.51. The summed E-state index contributed by atoms with van der Waals surface area (Å²) in [6.45, 7) is 2.87. The molecule has 0 aromatic heterocycles. The Labute approximate surface area is 91.9 Å². The van der Waals surface area contributed by atoms with E-state index in [-0.39, 0.29) is 6.04 Å². The molecular formula is C13H18N2. The molecule has 0 aliphatic carbocycles. The molecule has 1 aromatic carbocycles. The minimum Gasteiger partial charge on any atom is -0.398 e. The molecule has 0 amide bonds. The zero-order valence-corrected chi connectivity index (χ0v) is 9.16. The number of para-hydroxylation sites is 1. The van der Waals surface area contributed by atoms with Crippen molar-refractivity contribution in [1.82, 2.24) is 5.32 Å². The predicted molar refractivity (Wildman–Crippen MR) is 65.2 cm³/mol. The first kappa shape index (κ1) is 11.6. The molecule has 0 spiro atoms. The molecule has 1 atom stereocenters. The Balaban J connectivity index is 2.50. The van der Waals surface area contributed by atoms with Gasteiger partial charge in [0.15, 0.2) is 0 Å². The summed E-state index contributed by atoms with van der Waals surface area (Å²) in [6, 6.07) is 7.99. The monoisotopic (exact) mass is 202 g/mol. The Morgan fingerprint density at radius 1 is 1.47 bits per heavy atom. The van der Waals surface area contributed by atoms with E-state index in [4.69, 9.17) is 12.2 Å². The number of nitrogens with two attached hydrogens (primary N) is 1. The van der Waals surface area contributed by atoms with Gasteiger partial charge in [0.05, 0.1) is 6.04 Å². The summed E-state index contributed by atoms with van der Waals surface area (Å²) in [7, 11) is 0. The van der Waals surface area contributed by atoms with E-state index in [1.807, 2.05) is 24.3 Å². The van der Waals surface area contributed by atoms with Crippen LogP contribution in [0.1, 0.15) is 25.3 Å². The summed E-state index contributed by atoms with van der Waals surface area (Å²) < 4.78 is 0. The number of terminal acetylenes is 1. The SMILES string of the molecule is C#CC(CCC)NCc1ccccc1N. The molecule has 2 nitrogen and oxygen atoms in total. The van der Waals surface area contributed by atoms with Crippen molar-refractivity contribution in [3.05, 3.63) is 29.8 Å². The first-order chi connectivity index (χ1) is 7.27. The van der Waals surface area contributed by atoms with Crippen LogP contribution in [0.4, 0.5) is 5.69 Å². The Kier molecular flexibility index (Phi) is 4.73. The molecule has 80 valence electrons. The van der Waals surface area contributed by atoms with E-state index in [2.05, 4.69) is 18.2 Å². The average molecular weight is 202 g/mol. The molecule has 0 saturated heterocycles. The standard InChI is InChI=1S/C13H18N2/c1-3-7-12(4-2)15-10-11-8-5-6-9-13(11)14/h2,5-6,8-9,12,15H,3,7,10,14H2,1H3. The lowest BCUT2D eigenvalue weighted by molar-refractivity contribution is 0.563. The minimum atomic E-state index is 0.148. The zero-order valence-electron chi connectivity index (χ0n) is 9.16. The molecule has 0 heterocycles. The Bertz CT molecular complexity index is 339. The van der Waals surface area contributed by atoms with E-state index < -0.39 is 0 Å². The van der Waals surface area contributed by atoms with Gasteiger partial charge in [0.2, 0.25) is 0 Å². The van der Waals surface area contributed by atoms with Crippen molar-refractivity contribution in [1.29, 1.82) is 0 Å². The van der Waals surface area contributed by atoms with Gasteiger partial charge in [-0.3, -0.25) is 5.32 Å². The van der Waals surface area contributed by atoms with Crippen LogP contribution >= 0.6 is 0 Å². The number of hydrogen-bond acceptors (Lipinski definition) is 2. The second-order valence-electron chi connectivity index (χ2n) is 3.59. The molecule has 2 heteroatoms. The molecule has 0 fully saturated rings. The molecule has 0 saturated carbocycles. The van der Waals surface area contributed by atoms with Gasteiger partial charge in [-0.1, -0.05) is 37.5 Å². The number of hydrogen-bond donors (Lipinski definition) is 2. The van der Waals surface area contributed by atoms with Crippen molar-refractivity contribution in [3.63, 3.8) is 0 Å². The van der Waals surface area contributed by atoms with E-state index in [0.717, 1.165) is 30.6 Å². The van der Waals surface area contributed by atoms with Crippen LogP contribution < -0.4 is 11.1 Å². The maximum Gasteiger partial charge on any atom is 0.0689 e. The lowest BCUT2D eigenvalue weighted by Gasteiger charge is -2.12. The summed E-state index contributed by atoms with van der Waals surface area (Å²) in [5.41, 5.74) is 7.75. The van der Waals surface area contributed by atoms with Crippen molar-refractivity contribution in [3.8, 4) is 12.3 Å². The van der Waals surface area contributed by atoms with Gasteiger partial charge in [0.25, 0.3) is 0 Å². The van der Waals surface area contributed by atoms with Gasteiger partial charge in [-0.15, -0.1) is 6.42 Å². The van der Waals surface area contributed by atoms with Crippen molar-refractivity contribution in [2.45, 2.75) is 32.4 Å². The highest BCUT2D eigenvalue weighted by Crippen LogP contribution is 2.10. The summed E-state index contributed by atoms with van der Waals surface area (Å²) in [5.74, 6) is 2.74. The number of rotatable bonds is 5. The van der Waals surface area contributed by atoms with Crippen LogP contribution in [0.2, 0.25) is 0 Å². The van der Waals surface area contributed by atoms with E-state index in [0.29, 0.717) is 0 Å². The second kappa shape index (κ2) is 6.10. The maximum absolute atomic E-state index is 5.83. The molecule has 15 heavy (non-hydrogen) atoms. The van der Waals surface area contributed by atoms with Crippen molar-refractivity contribution >= 4 is 5.69 Å². The van der Waals surface area contributed by atoms with Gasteiger partial charge in [-0.05, 0) is 18.1 Å². The third-order valence-electron chi connectivity index (χ3n) is 2.37. The molecule has 0 bridgehead atoms. The summed E-state index contributed by atoms with van der Waals surface area (Å²) in [4.78, 5) is 0. The summed E-state index contributed by atoms with van der Waals surface area (Å²) >= 11 is 0. The first-order valence-corrected chi connectivity index (χ1v) is 5.30. The average Bonchev–Trinajstić information content (AvgIpc) is 2.26. The lowest BCUT2D eigenvalue weighted by atomic mass is 10.1. The van der Waals surface area contributed by atoms with Crippen LogP contribution in [-0.2, 0) is 6.54 Å². The first-order valence-electron chi connectivity index (χ1n) is 5.30. The second-order valence-corrected chi connectivity index (χ2v) is 3.59. The highest BCUT2D eigenvalue weighted by molar-refractivity contribution is 5.46. The smallest absolute Gasteiger partial charge is 0.0689 e. The molecule has 0 radical (unpaired) electrons. The molecule has 0 aliphatic rings. The Morgan fingerprint density at radius 2 is 2.20 bits per heavy atom. The van der Waals surface area contributed by atoms with Crippen LogP contribution in [0, 0.1) is 12.3 Å². The quantitative estimate of drug-likeness (QED) is 0.567. The number of anilines is 1. The highest BCUT2D eigenvalue weighted by atomic mass is 14.9. The number of benzene rings is 1. The van der Waals surface area contributed by atoms with Crippen LogP contribution in [0.5, 0.6) is 0 Å². The van der Waals surface area contributed by atoms with E-state index in [9.17, 15) is 0 Å². The van der Waals surface area contributed by atoms with Gasteiger partial charge >= 0.3 is 0 Å². The van der Waals surface area contributed by atoms with Crippen molar-refractivity contribution in [2.24, 2.45) is 0 Å². The normalized spacial score (nSPS) is 12.0. The summed E-state index contributed by atoms with van der Waals surface area (Å²) in [5, 5.41) is 3.31. The topological polar surface area (TPSA) is 38.0 Å². The van der Waals surface area contributed by atoms with Gasteiger partial charge in [-0.2, -0.15) is 0 Å². The van der Waals surface area contributed by atoms with Gasteiger partial charge in [0, 0.05) is 12.2 Å². The predicted octanol–water partition coefficient (Wildman–Crippen LogP) is 2.16. The Hall–Kier alpha value is -1.46. The molecule has 3 N–H and O–H groups in total. The third-order valence-corrected chi connectivity index (χ3v) is 2.37. The lowest BCUT2D eigenvalue weighted by Crippen LogP contribution is -2.27. The van der Waals surface area contributed by atoms with Crippen LogP contribution in [0.25, 0.3) is 0 Å². The highest BCUT2D eigenvalue weighted by Gasteiger charge is 2.03. The fourth-order valence-corrected chi connectivity index (χ4v) is 1.46. The fourth-order valence-electron chi connectivity index (χ4n) is 1.46.